The van der Waals surface area contributed by atoms with E-state index in [0.29, 0.717) is 12.4 Å². The Labute approximate surface area is 165 Å². The number of carbonyl (C=O) groups excluding carboxylic acids is 1. The third-order valence-corrected chi connectivity index (χ3v) is 4.01. The highest BCUT2D eigenvalue weighted by Gasteiger charge is 2.14. The van der Waals surface area contributed by atoms with Crippen LogP contribution < -0.4 is 15.8 Å². The first-order valence-electron chi connectivity index (χ1n) is 7.95. The van der Waals surface area contributed by atoms with Gasteiger partial charge in [0.15, 0.2) is 0 Å². The smallest absolute Gasteiger partial charge is 0.228 e. The normalized spacial score (nSPS) is 12.8. The van der Waals surface area contributed by atoms with Crippen LogP contribution in [0.5, 0.6) is 5.75 Å². The molecule has 1 aliphatic rings. The van der Waals surface area contributed by atoms with Gasteiger partial charge in [0.05, 0.1) is 24.8 Å². The summed E-state index contributed by atoms with van der Waals surface area (Å²) in [5.74, 6) is 1.29. The van der Waals surface area contributed by atoms with Gasteiger partial charge in [-0.25, -0.2) is 4.98 Å². The van der Waals surface area contributed by atoms with Crippen LogP contribution in [-0.2, 0) is 16.0 Å². The summed E-state index contributed by atoms with van der Waals surface area (Å²) in [6.07, 6.45) is 0.830. The van der Waals surface area contributed by atoms with Crippen molar-refractivity contribution in [3.05, 3.63) is 42.0 Å². The predicted molar refractivity (Wildman–Crippen MR) is 106 cm³/mol. The Morgan fingerprint density at radius 1 is 1.35 bits per heavy atom. The van der Waals surface area contributed by atoms with Gasteiger partial charge in [-0.3, -0.25) is 4.79 Å². The van der Waals surface area contributed by atoms with Crippen LogP contribution in [-0.4, -0.2) is 37.3 Å². The lowest BCUT2D eigenvalue weighted by atomic mass is 10.1. The highest BCUT2D eigenvalue weighted by atomic mass is 35.5. The summed E-state index contributed by atoms with van der Waals surface area (Å²) in [5.41, 5.74) is 8.54. The van der Waals surface area contributed by atoms with Crippen molar-refractivity contribution in [1.29, 1.82) is 0 Å². The molecule has 1 aliphatic heterocycles. The molecule has 6 nitrogen and oxygen atoms in total. The van der Waals surface area contributed by atoms with Crippen LogP contribution in [0.25, 0.3) is 11.3 Å². The van der Waals surface area contributed by atoms with Gasteiger partial charge < -0.3 is 20.5 Å². The van der Waals surface area contributed by atoms with E-state index in [0.717, 1.165) is 30.0 Å². The summed E-state index contributed by atoms with van der Waals surface area (Å²) in [4.78, 5) is 16.6. The molecule has 1 amide bonds. The Kier molecular flexibility index (Phi) is 8.81. The fraction of sp³-hybridized carbons (Fsp3) is 0.333. The average Bonchev–Trinajstić information content (AvgIpc) is 3.07. The van der Waals surface area contributed by atoms with E-state index in [1.54, 1.807) is 13.2 Å². The number of anilines is 1. The van der Waals surface area contributed by atoms with E-state index in [1.807, 2.05) is 24.3 Å². The average molecular weight is 400 g/mol. The lowest BCUT2D eigenvalue weighted by Crippen LogP contribution is -2.28. The molecule has 0 radical (unpaired) electrons. The molecule has 142 valence electrons. The number of carbonyl (C=O) groups is 1. The Hall–Kier alpha value is -1.86. The number of methoxy groups -OCH3 is 1. The van der Waals surface area contributed by atoms with E-state index < -0.39 is 0 Å². The van der Waals surface area contributed by atoms with Gasteiger partial charge in [-0.05, 0) is 35.9 Å². The maximum atomic E-state index is 12.0. The number of nitrogens with two attached hydrogens (primary N) is 1. The molecule has 1 aromatic carbocycles. The molecule has 0 bridgehead atoms. The topological polar surface area (TPSA) is 86.5 Å². The maximum absolute atomic E-state index is 12.0. The lowest BCUT2D eigenvalue weighted by Gasteiger charge is -2.12. The third-order valence-electron chi connectivity index (χ3n) is 4.01. The lowest BCUT2D eigenvalue weighted by molar-refractivity contribution is -0.118. The fourth-order valence-corrected chi connectivity index (χ4v) is 2.67. The van der Waals surface area contributed by atoms with Crippen molar-refractivity contribution < 1.29 is 14.3 Å². The summed E-state index contributed by atoms with van der Waals surface area (Å²) >= 11 is 0. The van der Waals surface area contributed by atoms with Crippen LogP contribution >= 0.6 is 24.8 Å². The summed E-state index contributed by atoms with van der Waals surface area (Å²) in [7, 11) is 1.54. The van der Waals surface area contributed by atoms with Gasteiger partial charge >= 0.3 is 0 Å². The van der Waals surface area contributed by atoms with Gasteiger partial charge in [-0.15, -0.1) is 24.8 Å². The summed E-state index contributed by atoms with van der Waals surface area (Å²) in [5, 5.41) is 2.79. The molecule has 26 heavy (non-hydrogen) atoms. The molecule has 8 heteroatoms. The van der Waals surface area contributed by atoms with E-state index in [1.165, 1.54) is 5.56 Å². The first kappa shape index (κ1) is 22.2. The monoisotopic (exact) mass is 399 g/mol. The number of pyridine rings is 1. The van der Waals surface area contributed by atoms with Gasteiger partial charge in [0, 0.05) is 25.6 Å². The van der Waals surface area contributed by atoms with Crippen molar-refractivity contribution in [3.63, 3.8) is 0 Å². The zero-order valence-electron chi connectivity index (χ0n) is 14.4. The van der Waals surface area contributed by atoms with E-state index in [-0.39, 0.29) is 43.2 Å². The maximum Gasteiger partial charge on any atom is 0.228 e. The van der Waals surface area contributed by atoms with Crippen molar-refractivity contribution in [2.75, 3.05) is 25.6 Å². The molecule has 0 saturated heterocycles. The Bertz CT molecular complexity index is 739. The van der Waals surface area contributed by atoms with Crippen molar-refractivity contribution in [3.8, 4) is 17.0 Å². The number of benzene rings is 1. The van der Waals surface area contributed by atoms with E-state index in [4.69, 9.17) is 15.2 Å². The fourth-order valence-electron chi connectivity index (χ4n) is 2.67. The minimum atomic E-state index is -0.287. The van der Waals surface area contributed by atoms with E-state index in [9.17, 15) is 4.79 Å². The highest BCUT2D eigenvalue weighted by molar-refractivity contribution is 5.90. The Morgan fingerprint density at radius 3 is 2.88 bits per heavy atom. The van der Waals surface area contributed by atoms with Gasteiger partial charge in [0.2, 0.25) is 5.91 Å². The quantitative estimate of drug-likeness (QED) is 0.779. The summed E-state index contributed by atoms with van der Waals surface area (Å²) in [6.45, 7) is 1.03. The molecule has 0 saturated carbocycles. The molecule has 0 fully saturated rings. The van der Waals surface area contributed by atoms with E-state index in [2.05, 4.69) is 16.4 Å². The second-order valence-corrected chi connectivity index (χ2v) is 5.67. The second kappa shape index (κ2) is 10.3. The summed E-state index contributed by atoms with van der Waals surface area (Å²) < 4.78 is 10.6. The second-order valence-electron chi connectivity index (χ2n) is 5.67. The first-order valence-corrected chi connectivity index (χ1v) is 7.95. The third kappa shape index (κ3) is 5.32. The van der Waals surface area contributed by atoms with Gasteiger partial charge in [-0.1, -0.05) is 6.07 Å². The standard InChI is InChI=1S/C18H21N3O3.2ClH/c1-23-14(11-19)10-18(22)21-17-4-2-3-15(20-17)12-5-6-16-13(9-12)7-8-24-16;;/h2-6,9,14H,7-8,10-11,19H2,1H3,(H,20,21,22);2*1H. The molecule has 3 N–H and O–H groups in total. The zero-order valence-corrected chi connectivity index (χ0v) is 16.1. The van der Waals surface area contributed by atoms with Crippen LogP contribution in [0.4, 0.5) is 5.82 Å². The van der Waals surface area contributed by atoms with Gasteiger partial charge in [0.25, 0.3) is 0 Å². The number of rotatable bonds is 6. The van der Waals surface area contributed by atoms with Crippen LogP contribution in [0.3, 0.4) is 0 Å². The first-order chi connectivity index (χ1) is 11.7. The van der Waals surface area contributed by atoms with Gasteiger partial charge in [-0.2, -0.15) is 0 Å². The molecule has 3 rings (SSSR count). The number of halogens is 2. The van der Waals surface area contributed by atoms with Crippen molar-refractivity contribution >= 4 is 36.5 Å². The molecule has 0 spiro atoms. The molecular formula is C18H23Cl2N3O3. The van der Waals surface area contributed by atoms with Crippen LogP contribution in [0, 0.1) is 0 Å². The molecule has 2 heterocycles. The largest absolute Gasteiger partial charge is 0.493 e. The molecular weight excluding hydrogens is 377 g/mol. The minimum absolute atomic E-state index is 0. The van der Waals surface area contributed by atoms with Crippen LogP contribution in [0.1, 0.15) is 12.0 Å². The Morgan fingerprint density at radius 2 is 2.15 bits per heavy atom. The molecule has 2 aromatic rings. The number of amides is 1. The molecule has 1 unspecified atom stereocenters. The van der Waals surface area contributed by atoms with Crippen molar-refractivity contribution in [2.45, 2.75) is 18.9 Å². The number of hydrogen-bond donors (Lipinski definition) is 2. The predicted octanol–water partition coefficient (Wildman–Crippen LogP) is 2.83. The van der Waals surface area contributed by atoms with E-state index >= 15 is 0 Å². The number of nitrogens with one attached hydrogen (secondary N) is 1. The van der Waals surface area contributed by atoms with Gasteiger partial charge in [0.1, 0.15) is 11.6 Å². The number of aromatic nitrogens is 1. The molecule has 1 aromatic heterocycles. The SMILES string of the molecule is COC(CN)CC(=O)Nc1cccc(-c2ccc3c(c2)CCO3)n1.Cl.Cl. The number of hydrogen-bond acceptors (Lipinski definition) is 5. The minimum Gasteiger partial charge on any atom is -0.493 e. The number of fused-ring (bicyclic) bond motifs is 1. The highest BCUT2D eigenvalue weighted by Crippen LogP contribution is 2.30. The number of nitrogens with zero attached hydrogens (tertiary/aromatic N) is 1. The van der Waals surface area contributed by atoms with Crippen molar-refractivity contribution in [1.82, 2.24) is 4.98 Å². The van der Waals surface area contributed by atoms with Crippen molar-refractivity contribution in [2.24, 2.45) is 5.73 Å². The molecule has 0 aliphatic carbocycles. The number of ether oxygens (including phenoxy) is 2. The zero-order chi connectivity index (χ0) is 16.9. The molecule has 1 atom stereocenters. The van der Waals surface area contributed by atoms with Crippen LogP contribution in [0.2, 0.25) is 0 Å². The summed E-state index contributed by atoms with van der Waals surface area (Å²) in [6, 6.07) is 11.6. The Balaban J connectivity index is 0.00000169. The van der Waals surface area contributed by atoms with Crippen LogP contribution in [0.15, 0.2) is 36.4 Å².